The zero-order valence-electron chi connectivity index (χ0n) is 15.2. The van der Waals surface area contributed by atoms with Crippen LogP contribution in [-0.2, 0) is 21.4 Å². The molecule has 3 aromatic rings. The molecule has 0 fully saturated rings. The van der Waals surface area contributed by atoms with Crippen LogP contribution in [0.4, 0.5) is 5.69 Å². The number of hydrogen-bond donors (Lipinski definition) is 2. The molecule has 2 heterocycles. The maximum Gasteiger partial charge on any atom is 0.271 e. The number of rotatable bonds is 6. The summed E-state index contributed by atoms with van der Waals surface area (Å²) in [6.45, 7) is 5.31. The van der Waals surface area contributed by atoms with Crippen molar-refractivity contribution in [1.82, 2.24) is 15.1 Å². The largest absolute Gasteiger partial charge is 0.351 e. The van der Waals surface area contributed by atoms with E-state index < -0.39 is 10.0 Å². The van der Waals surface area contributed by atoms with Crippen LogP contribution in [0.1, 0.15) is 23.2 Å². The highest BCUT2D eigenvalue weighted by molar-refractivity contribution is 7.94. The normalized spacial score (nSPS) is 11.4. The number of aromatic nitrogens is 2. The van der Waals surface area contributed by atoms with E-state index in [0.29, 0.717) is 23.6 Å². The zero-order valence-corrected chi connectivity index (χ0v) is 16.8. The fraction of sp³-hybridized carbons (Fsp3) is 0.222. The van der Waals surface area contributed by atoms with Crippen LogP contribution in [0, 0.1) is 13.8 Å². The molecular formula is C18H20N4O3S2. The van der Waals surface area contributed by atoms with Gasteiger partial charge in [0.05, 0.1) is 29.3 Å². The second kappa shape index (κ2) is 7.53. The number of aryl methyl sites for hydroxylation is 1. The van der Waals surface area contributed by atoms with Gasteiger partial charge in [0.1, 0.15) is 4.21 Å². The lowest BCUT2D eigenvalue weighted by atomic mass is 10.3. The van der Waals surface area contributed by atoms with E-state index in [-0.39, 0.29) is 10.1 Å². The Balaban J connectivity index is 1.86. The van der Waals surface area contributed by atoms with Gasteiger partial charge in [-0.3, -0.25) is 9.52 Å². The van der Waals surface area contributed by atoms with Gasteiger partial charge < -0.3 is 5.32 Å². The van der Waals surface area contributed by atoms with E-state index in [1.807, 2.05) is 37.3 Å². The molecule has 2 aromatic heterocycles. The van der Waals surface area contributed by atoms with Crippen LogP contribution in [0.3, 0.4) is 0 Å². The summed E-state index contributed by atoms with van der Waals surface area (Å²) in [6.07, 6.45) is 0. The summed E-state index contributed by atoms with van der Waals surface area (Å²) in [5.41, 5.74) is 2.63. The summed E-state index contributed by atoms with van der Waals surface area (Å²) >= 11 is 1.12. The molecule has 0 unspecified atom stereocenters. The van der Waals surface area contributed by atoms with Crippen LogP contribution < -0.4 is 10.0 Å². The van der Waals surface area contributed by atoms with Gasteiger partial charge in [0.15, 0.2) is 0 Å². The van der Waals surface area contributed by atoms with Gasteiger partial charge in [0.25, 0.3) is 10.0 Å². The van der Waals surface area contributed by atoms with Crippen LogP contribution in [0.25, 0.3) is 5.69 Å². The highest BCUT2D eigenvalue weighted by atomic mass is 32.2. The lowest BCUT2D eigenvalue weighted by molar-refractivity contribution is -0.119. The molecule has 0 aliphatic carbocycles. The highest BCUT2D eigenvalue weighted by Crippen LogP contribution is 2.28. The Labute approximate surface area is 162 Å². The van der Waals surface area contributed by atoms with Crippen molar-refractivity contribution >= 4 is 33.0 Å². The maximum atomic E-state index is 12.8. The van der Waals surface area contributed by atoms with Gasteiger partial charge in [-0.25, -0.2) is 13.1 Å². The number of anilines is 1. The van der Waals surface area contributed by atoms with Crippen molar-refractivity contribution < 1.29 is 13.2 Å². The predicted octanol–water partition coefficient (Wildman–Crippen LogP) is 2.99. The standard InChI is InChI=1S/C18H20N4O3S2/c1-12-18(13(2)22(20-12)15-7-5-4-6-8-15)21-27(24,25)17-10-9-16(26-17)11-19-14(3)23/h4-10,21H,11H2,1-3H3,(H,19,23). The summed E-state index contributed by atoms with van der Waals surface area (Å²) in [6, 6.07) is 12.8. The van der Waals surface area contributed by atoms with Crippen LogP contribution in [0.2, 0.25) is 0 Å². The molecule has 142 valence electrons. The number of hydrogen-bond acceptors (Lipinski definition) is 5. The Kier molecular flexibility index (Phi) is 5.33. The van der Waals surface area contributed by atoms with Crippen molar-refractivity contribution in [2.24, 2.45) is 0 Å². The quantitative estimate of drug-likeness (QED) is 0.660. The average Bonchev–Trinajstić information content (AvgIpc) is 3.21. The van der Waals surface area contributed by atoms with Crippen LogP contribution in [0.15, 0.2) is 46.7 Å². The smallest absolute Gasteiger partial charge is 0.271 e. The van der Waals surface area contributed by atoms with Gasteiger partial charge in [-0.2, -0.15) is 5.10 Å². The second-order valence-corrected chi connectivity index (χ2v) is 9.11. The minimum absolute atomic E-state index is 0.162. The van der Waals surface area contributed by atoms with Gasteiger partial charge in [0.2, 0.25) is 5.91 Å². The fourth-order valence-corrected chi connectivity index (χ4v) is 5.08. The monoisotopic (exact) mass is 404 g/mol. The molecule has 0 spiro atoms. The number of para-hydroxylation sites is 1. The number of benzene rings is 1. The van der Waals surface area contributed by atoms with Gasteiger partial charge in [-0.05, 0) is 38.1 Å². The molecule has 0 radical (unpaired) electrons. The molecule has 0 saturated heterocycles. The van der Waals surface area contributed by atoms with E-state index in [1.54, 1.807) is 17.7 Å². The Morgan fingerprint density at radius 3 is 2.52 bits per heavy atom. The Morgan fingerprint density at radius 1 is 1.15 bits per heavy atom. The highest BCUT2D eigenvalue weighted by Gasteiger charge is 2.22. The van der Waals surface area contributed by atoms with Crippen LogP contribution in [0.5, 0.6) is 0 Å². The summed E-state index contributed by atoms with van der Waals surface area (Å²) in [5.74, 6) is -0.162. The van der Waals surface area contributed by atoms with Crippen molar-refractivity contribution in [3.8, 4) is 5.69 Å². The van der Waals surface area contributed by atoms with E-state index in [9.17, 15) is 13.2 Å². The summed E-state index contributed by atoms with van der Waals surface area (Å²) in [4.78, 5) is 11.8. The number of amides is 1. The number of thiophene rings is 1. The van der Waals surface area contributed by atoms with Crippen molar-refractivity contribution in [3.05, 3.63) is 58.7 Å². The first kappa shape index (κ1) is 19.1. The number of carbonyl (C=O) groups excluding carboxylic acids is 1. The molecule has 2 N–H and O–H groups in total. The first-order valence-electron chi connectivity index (χ1n) is 8.25. The number of sulfonamides is 1. The van der Waals surface area contributed by atoms with Crippen molar-refractivity contribution in [2.45, 2.75) is 31.5 Å². The Morgan fingerprint density at radius 2 is 1.85 bits per heavy atom. The van der Waals surface area contributed by atoms with Gasteiger partial charge in [0, 0.05) is 11.8 Å². The molecule has 0 aliphatic rings. The molecule has 1 amide bonds. The lowest BCUT2D eigenvalue weighted by Crippen LogP contribution is -2.18. The van der Waals surface area contributed by atoms with Gasteiger partial charge in [-0.15, -0.1) is 11.3 Å². The molecule has 1 aromatic carbocycles. The number of nitrogens with zero attached hydrogens (tertiary/aromatic N) is 2. The third-order valence-electron chi connectivity index (χ3n) is 3.94. The van der Waals surface area contributed by atoms with Gasteiger partial charge in [-0.1, -0.05) is 18.2 Å². The first-order valence-corrected chi connectivity index (χ1v) is 10.6. The summed E-state index contributed by atoms with van der Waals surface area (Å²) in [5, 5.41) is 7.12. The molecule has 7 nitrogen and oxygen atoms in total. The molecule has 0 aliphatic heterocycles. The van der Waals surface area contributed by atoms with E-state index in [1.165, 1.54) is 13.0 Å². The summed E-state index contributed by atoms with van der Waals surface area (Å²) in [7, 11) is -3.74. The minimum atomic E-state index is -3.74. The van der Waals surface area contributed by atoms with Crippen molar-refractivity contribution in [1.29, 1.82) is 0 Å². The molecule has 3 rings (SSSR count). The van der Waals surface area contributed by atoms with Crippen LogP contribution >= 0.6 is 11.3 Å². The van der Waals surface area contributed by atoms with Crippen molar-refractivity contribution in [3.63, 3.8) is 0 Å². The summed E-state index contributed by atoms with van der Waals surface area (Å²) < 4.78 is 30.1. The topological polar surface area (TPSA) is 93.1 Å². The maximum absolute atomic E-state index is 12.8. The van der Waals surface area contributed by atoms with E-state index >= 15 is 0 Å². The predicted molar refractivity (Wildman–Crippen MR) is 106 cm³/mol. The van der Waals surface area contributed by atoms with Gasteiger partial charge >= 0.3 is 0 Å². The Bertz CT molecular complexity index is 1070. The molecule has 0 atom stereocenters. The van der Waals surface area contributed by atoms with E-state index in [4.69, 9.17) is 0 Å². The molecule has 0 saturated carbocycles. The Hall–Kier alpha value is -2.65. The molecule has 0 bridgehead atoms. The zero-order chi connectivity index (χ0) is 19.6. The van der Waals surface area contributed by atoms with Crippen LogP contribution in [-0.4, -0.2) is 24.1 Å². The first-order chi connectivity index (χ1) is 12.8. The average molecular weight is 405 g/mol. The molecule has 9 heteroatoms. The SMILES string of the molecule is CC(=O)NCc1ccc(S(=O)(=O)Nc2c(C)nn(-c3ccccc3)c2C)s1. The third kappa shape index (κ3) is 4.20. The third-order valence-corrected chi connectivity index (χ3v) is 6.87. The van der Waals surface area contributed by atoms with E-state index in [0.717, 1.165) is 21.9 Å². The lowest BCUT2D eigenvalue weighted by Gasteiger charge is -2.08. The minimum Gasteiger partial charge on any atom is -0.351 e. The molecule has 27 heavy (non-hydrogen) atoms. The van der Waals surface area contributed by atoms with E-state index in [2.05, 4.69) is 15.1 Å². The fourth-order valence-electron chi connectivity index (χ4n) is 2.60. The second-order valence-electron chi connectivity index (χ2n) is 6.03. The number of nitrogens with one attached hydrogen (secondary N) is 2. The van der Waals surface area contributed by atoms with Crippen molar-refractivity contribution in [2.75, 3.05) is 4.72 Å². The number of carbonyl (C=O) groups is 1. The molecular weight excluding hydrogens is 384 g/mol.